The maximum absolute atomic E-state index is 6.39. The second-order valence-corrected chi connectivity index (χ2v) is 5.33. The first-order chi connectivity index (χ1) is 7.74. The van der Waals surface area contributed by atoms with E-state index in [1.165, 1.54) is 31.4 Å². The van der Waals surface area contributed by atoms with Crippen molar-refractivity contribution in [2.75, 3.05) is 0 Å². The normalized spacial score (nSPS) is 24.6. The van der Waals surface area contributed by atoms with Crippen LogP contribution in [-0.4, -0.2) is 14.9 Å². The van der Waals surface area contributed by atoms with E-state index in [-0.39, 0.29) is 11.0 Å². The predicted octanol–water partition coefficient (Wildman–Crippen LogP) is 1.86. The molecule has 2 N–H and O–H groups in total. The smallest absolute Gasteiger partial charge is 0.136 e. The Labute approximate surface area is 94.3 Å². The summed E-state index contributed by atoms with van der Waals surface area (Å²) in [5.74, 6) is 0. The van der Waals surface area contributed by atoms with E-state index in [4.69, 9.17) is 10.7 Å². The summed E-state index contributed by atoms with van der Waals surface area (Å²) in [7, 11) is 0. The Kier molecular flexibility index (Phi) is 1.36. The summed E-state index contributed by atoms with van der Waals surface area (Å²) in [6.45, 7) is 0. The highest BCUT2D eigenvalue weighted by Crippen LogP contribution is 2.63. The molecular weight excluding hydrogens is 198 g/mol. The Hall–Kier alpha value is -1.35. The number of pyridine rings is 1. The molecule has 2 fully saturated rings. The van der Waals surface area contributed by atoms with Gasteiger partial charge in [0.1, 0.15) is 5.65 Å². The fourth-order valence-electron chi connectivity index (χ4n) is 2.91. The standard InChI is InChI=1S/C13H15N3/c14-13(6-7-13)12(4-5-12)10-9-16-8-2-1-3-11(16)15-10/h1-3,8-9H,4-7,14H2. The monoisotopic (exact) mass is 213 g/mol. The largest absolute Gasteiger partial charge is 0.324 e. The molecule has 2 heterocycles. The zero-order chi connectivity index (χ0) is 10.8. The minimum Gasteiger partial charge on any atom is -0.324 e. The highest BCUT2D eigenvalue weighted by molar-refractivity contribution is 5.45. The average Bonchev–Trinajstić information content (AvgIpc) is 3.18. The number of imidazole rings is 1. The van der Waals surface area contributed by atoms with Crippen LogP contribution in [0, 0.1) is 0 Å². The van der Waals surface area contributed by atoms with Gasteiger partial charge in [0.25, 0.3) is 0 Å². The SMILES string of the molecule is NC1(C2(c3cn4ccccc4n3)CC2)CC1. The van der Waals surface area contributed by atoms with Gasteiger partial charge in [0.15, 0.2) is 0 Å². The molecule has 0 saturated heterocycles. The molecule has 2 aromatic rings. The van der Waals surface area contributed by atoms with Gasteiger partial charge in [-0.3, -0.25) is 0 Å². The summed E-state index contributed by atoms with van der Waals surface area (Å²) in [4.78, 5) is 4.74. The Morgan fingerprint density at radius 2 is 2.00 bits per heavy atom. The molecule has 0 radical (unpaired) electrons. The predicted molar refractivity (Wildman–Crippen MR) is 62.3 cm³/mol. The molecule has 82 valence electrons. The van der Waals surface area contributed by atoms with E-state index in [0.29, 0.717) is 0 Å². The van der Waals surface area contributed by atoms with Gasteiger partial charge < -0.3 is 10.1 Å². The van der Waals surface area contributed by atoms with E-state index in [2.05, 4.69) is 22.9 Å². The number of hydrogen-bond acceptors (Lipinski definition) is 2. The van der Waals surface area contributed by atoms with Gasteiger partial charge in [-0.2, -0.15) is 0 Å². The molecule has 4 rings (SSSR count). The number of hydrogen-bond donors (Lipinski definition) is 1. The van der Waals surface area contributed by atoms with Crippen molar-refractivity contribution >= 4 is 5.65 Å². The molecule has 0 amide bonds. The Morgan fingerprint density at radius 3 is 2.62 bits per heavy atom. The summed E-state index contributed by atoms with van der Waals surface area (Å²) >= 11 is 0. The maximum Gasteiger partial charge on any atom is 0.136 e. The van der Waals surface area contributed by atoms with Crippen LogP contribution < -0.4 is 5.73 Å². The van der Waals surface area contributed by atoms with Crippen molar-refractivity contribution in [2.45, 2.75) is 36.6 Å². The van der Waals surface area contributed by atoms with Gasteiger partial charge >= 0.3 is 0 Å². The first kappa shape index (κ1) is 8.76. The van der Waals surface area contributed by atoms with Gasteiger partial charge in [0.2, 0.25) is 0 Å². The van der Waals surface area contributed by atoms with Crippen molar-refractivity contribution in [3.8, 4) is 0 Å². The zero-order valence-corrected chi connectivity index (χ0v) is 9.19. The Morgan fingerprint density at radius 1 is 1.19 bits per heavy atom. The van der Waals surface area contributed by atoms with Crippen molar-refractivity contribution in [3.05, 3.63) is 36.3 Å². The van der Waals surface area contributed by atoms with Gasteiger partial charge in [-0.05, 0) is 37.8 Å². The van der Waals surface area contributed by atoms with Crippen LogP contribution in [-0.2, 0) is 5.41 Å². The topological polar surface area (TPSA) is 43.3 Å². The van der Waals surface area contributed by atoms with Gasteiger partial charge in [0, 0.05) is 23.3 Å². The number of rotatable bonds is 2. The van der Waals surface area contributed by atoms with Gasteiger partial charge in [-0.1, -0.05) is 6.07 Å². The fraction of sp³-hybridized carbons (Fsp3) is 0.462. The quantitative estimate of drug-likeness (QED) is 0.827. The summed E-state index contributed by atoms with van der Waals surface area (Å²) in [6, 6.07) is 6.12. The van der Waals surface area contributed by atoms with E-state index < -0.39 is 0 Å². The lowest BCUT2D eigenvalue weighted by Gasteiger charge is -2.20. The highest BCUT2D eigenvalue weighted by atomic mass is 15.0. The number of nitrogens with zero attached hydrogens (tertiary/aromatic N) is 2. The van der Waals surface area contributed by atoms with Crippen molar-refractivity contribution in [3.63, 3.8) is 0 Å². The average molecular weight is 213 g/mol. The van der Waals surface area contributed by atoms with Crippen LogP contribution in [0.4, 0.5) is 0 Å². The summed E-state index contributed by atoms with van der Waals surface area (Å²) in [5, 5.41) is 0. The lowest BCUT2D eigenvalue weighted by atomic mass is 9.91. The second kappa shape index (κ2) is 2.48. The van der Waals surface area contributed by atoms with E-state index in [9.17, 15) is 0 Å². The summed E-state index contributed by atoms with van der Waals surface area (Å²) in [6.07, 6.45) is 8.98. The van der Waals surface area contributed by atoms with Crippen LogP contribution in [0.5, 0.6) is 0 Å². The molecule has 2 aliphatic rings. The molecular formula is C13H15N3. The van der Waals surface area contributed by atoms with E-state index in [1.54, 1.807) is 0 Å². The molecule has 2 aliphatic carbocycles. The van der Waals surface area contributed by atoms with Crippen molar-refractivity contribution in [2.24, 2.45) is 5.73 Å². The van der Waals surface area contributed by atoms with E-state index in [1.807, 2.05) is 12.1 Å². The molecule has 0 spiro atoms. The van der Waals surface area contributed by atoms with Crippen LogP contribution in [0.25, 0.3) is 5.65 Å². The first-order valence-electron chi connectivity index (χ1n) is 5.97. The zero-order valence-electron chi connectivity index (χ0n) is 9.19. The third kappa shape index (κ3) is 0.944. The van der Waals surface area contributed by atoms with Crippen LogP contribution in [0.3, 0.4) is 0 Å². The van der Waals surface area contributed by atoms with Crippen LogP contribution in [0.1, 0.15) is 31.4 Å². The molecule has 3 nitrogen and oxygen atoms in total. The van der Waals surface area contributed by atoms with Gasteiger partial charge in [0.05, 0.1) is 5.69 Å². The first-order valence-corrected chi connectivity index (χ1v) is 5.97. The minimum atomic E-state index is 0.0605. The van der Waals surface area contributed by atoms with Crippen LogP contribution in [0.2, 0.25) is 0 Å². The van der Waals surface area contributed by atoms with E-state index >= 15 is 0 Å². The Balaban J connectivity index is 1.88. The third-order valence-corrected chi connectivity index (χ3v) is 4.35. The molecule has 0 aromatic carbocycles. The molecule has 0 atom stereocenters. The van der Waals surface area contributed by atoms with E-state index in [0.717, 1.165) is 5.65 Å². The molecule has 0 aliphatic heterocycles. The maximum atomic E-state index is 6.39. The minimum absolute atomic E-state index is 0.0605. The molecule has 2 aromatic heterocycles. The molecule has 0 unspecified atom stereocenters. The van der Waals surface area contributed by atoms with Crippen LogP contribution >= 0.6 is 0 Å². The summed E-state index contributed by atoms with van der Waals surface area (Å²) in [5.41, 5.74) is 8.90. The number of nitrogens with two attached hydrogens (primary N) is 1. The van der Waals surface area contributed by atoms with Crippen molar-refractivity contribution in [1.82, 2.24) is 9.38 Å². The lowest BCUT2D eigenvalue weighted by molar-refractivity contribution is 0.493. The van der Waals surface area contributed by atoms with Crippen LogP contribution in [0.15, 0.2) is 30.6 Å². The van der Waals surface area contributed by atoms with Crippen molar-refractivity contribution < 1.29 is 0 Å². The third-order valence-electron chi connectivity index (χ3n) is 4.35. The van der Waals surface area contributed by atoms with Gasteiger partial charge in [-0.25, -0.2) is 4.98 Å². The number of aromatic nitrogens is 2. The highest BCUT2D eigenvalue weighted by Gasteiger charge is 2.65. The van der Waals surface area contributed by atoms with Gasteiger partial charge in [-0.15, -0.1) is 0 Å². The molecule has 0 bridgehead atoms. The molecule has 16 heavy (non-hydrogen) atoms. The summed E-state index contributed by atoms with van der Waals surface area (Å²) < 4.78 is 2.10. The molecule has 2 saturated carbocycles. The number of fused-ring (bicyclic) bond motifs is 1. The van der Waals surface area contributed by atoms with Crippen molar-refractivity contribution in [1.29, 1.82) is 0 Å². The second-order valence-electron chi connectivity index (χ2n) is 5.33. The Bertz CT molecular complexity index is 528. The molecule has 3 heteroatoms. The lowest BCUT2D eigenvalue weighted by Crippen LogP contribution is -2.37. The fourth-order valence-corrected chi connectivity index (χ4v) is 2.91.